The summed E-state index contributed by atoms with van der Waals surface area (Å²) in [6.45, 7) is 0.0221. The monoisotopic (exact) mass is 453 g/mol. The number of likely N-dealkylation sites (tertiary alicyclic amines) is 1. The smallest absolute Gasteiger partial charge is 0.410 e. The summed E-state index contributed by atoms with van der Waals surface area (Å²) in [7, 11) is 0. The zero-order chi connectivity index (χ0) is 23.6. The van der Waals surface area contributed by atoms with Crippen molar-refractivity contribution in [1.82, 2.24) is 4.90 Å². The minimum atomic E-state index is -0.752. The maximum Gasteiger partial charge on any atom is 0.410 e. The first kappa shape index (κ1) is 23.7. The molecule has 1 N–H and O–H groups in total. The molecule has 9 heteroatoms. The number of piperidine rings is 1. The predicted octanol–water partition coefficient (Wildman–Crippen LogP) is 3.56. The Morgan fingerprint density at radius 1 is 1.03 bits per heavy atom. The van der Waals surface area contributed by atoms with Gasteiger partial charge in [-0.1, -0.05) is 24.3 Å². The van der Waals surface area contributed by atoms with Crippen molar-refractivity contribution >= 4 is 23.7 Å². The van der Waals surface area contributed by atoms with Gasteiger partial charge in [0.05, 0.1) is 6.42 Å². The van der Waals surface area contributed by atoms with Crippen LogP contribution in [0.5, 0.6) is 0 Å². The quantitative estimate of drug-likeness (QED) is 0.642. The lowest BCUT2D eigenvalue weighted by Gasteiger charge is -2.32. The van der Waals surface area contributed by atoms with Gasteiger partial charge in [-0.3, -0.25) is 9.69 Å². The predicted molar refractivity (Wildman–Crippen MR) is 116 cm³/mol. The number of benzene rings is 2. The number of halogens is 1. The third-order valence-electron chi connectivity index (χ3n) is 5.17. The zero-order valence-corrected chi connectivity index (χ0v) is 18.0. The fourth-order valence-corrected chi connectivity index (χ4v) is 3.50. The highest BCUT2D eigenvalue weighted by Crippen LogP contribution is 2.20. The molecule has 0 aromatic heterocycles. The first-order chi connectivity index (χ1) is 16.0. The number of ether oxygens (including phenoxy) is 2. The number of hydrogen-bond donors (Lipinski definition) is 1. The van der Waals surface area contributed by atoms with E-state index < -0.39 is 18.1 Å². The number of nitrogens with zero attached hydrogens (tertiary/aromatic N) is 2. The van der Waals surface area contributed by atoms with E-state index in [1.165, 1.54) is 17.0 Å². The normalized spacial score (nSPS) is 15.3. The second-order valence-corrected chi connectivity index (χ2v) is 7.57. The molecule has 172 valence electrons. The van der Waals surface area contributed by atoms with Crippen LogP contribution in [0.2, 0.25) is 0 Å². The Kier molecular flexibility index (Phi) is 8.36. The summed E-state index contributed by atoms with van der Waals surface area (Å²) in [4.78, 5) is 38.1. The standard InChI is InChI=1S/C24H24FN3O5/c25-19-8-4-17(5-9-19)15-22(29)27-20-10-6-18(7-11-20)16-33-24(31)28-13-2-1-3-21(28)23(30)32-14-12-26/h4-11,21H,1-3,13-16H2,(H,27,29)/t21-/m0/s1. The van der Waals surface area contributed by atoms with Gasteiger partial charge in [0.25, 0.3) is 0 Å². The van der Waals surface area contributed by atoms with Gasteiger partial charge in [0.15, 0.2) is 6.61 Å². The molecule has 2 amide bonds. The number of hydrogen-bond acceptors (Lipinski definition) is 6. The van der Waals surface area contributed by atoms with E-state index in [9.17, 15) is 18.8 Å². The molecule has 0 unspecified atom stereocenters. The van der Waals surface area contributed by atoms with Crippen LogP contribution in [-0.4, -0.2) is 42.1 Å². The molecule has 8 nitrogen and oxygen atoms in total. The molecule has 1 atom stereocenters. The summed E-state index contributed by atoms with van der Waals surface area (Å²) in [6, 6.07) is 13.5. The Bertz CT molecular complexity index is 1020. The Labute approximate surface area is 190 Å². The van der Waals surface area contributed by atoms with Crippen LogP contribution < -0.4 is 5.32 Å². The molecular weight excluding hydrogens is 429 g/mol. The largest absolute Gasteiger partial charge is 0.449 e. The fraction of sp³-hybridized carbons (Fsp3) is 0.333. The second kappa shape index (κ2) is 11.6. The van der Waals surface area contributed by atoms with Gasteiger partial charge in [-0.25, -0.2) is 14.0 Å². The van der Waals surface area contributed by atoms with Crippen molar-refractivity contribution in [3.8, 4) is 6.07 Å². The molecule has 0 radical (unpaired) electrons. The number of nitrogens with one attached hydrogen (secondary N) is 1. The maximum atomic E-state index is 13.0. The molecule has 33 heavy (non-hydrogen) atoms. The second-order valence-electron chi connectivity index (χ2n) is 7.57. The van der Waals surface area contributed by atoms with E-state index in [4.69, 9.17) is 14.7 Å². The van der Waals surface area contributed by atoms with Gasteiger partial charge in [0.1, 0.15) is 24.5 Å². The van der Waals surface area contributed by atoms with Gasteiger partial charge >= 0.3 is 12.1 Å². The zero-order valence-electron chi connectivity index (χ0n) is 18.0. The van der Waals surface area contributed by atoms with Crippen LogP contribution in [0.25, 0.3) is 0 Å². The lowest BCUT2D eigenvalue weighted by Crippen LogP contribution is -2.48. The van der Waals surface area contributed by atoms with Crippen molar-refractivity contribution in [2.45, 2.75) is 38.3 Å². The fourth-order valence-electron chi connectivity index (χ4n) is 3.50. The molecule has 1 heterocycles. The molecule has 2 aromatic rings. The van der Waals surface area contributed by atoms with Gasteiger partial charge < -0.3 is 14.8 Å². The number of nitriles is 1. The van der Waals surface area contributed by atoms with E-state index in [1.807, 2.05) is 0 Å². The van der Waals surface area contributed by atoms with Crippen LogP contribution in [0, 0.1) is 17.1 Å². The van der Waals surface area contributed by atoms with Gasteiger partial charge in [-0.15, -0.1) is 0 Å². The first-order valence-corrected chi connectivity index (χ1v) is 10.6. The van der Waals surface area contributed by atoms with Crippen molar-refractivity contribution in [2.24, 2.45) is 0 Å². The maximum absolute atomic E-state index is 13.0. The van der Waals surface area contributed by atoms with Crippen LogP contribution in [0.1, 0.15) is 30.4 Å². The van der Waals surface area contributed by atoms with Gasteiger partial charge in [0, 0.05) is 12.2 Å². The Hall–Kier alpha value is -3.93. The van der Waals surface area contributed by atoms with E-state index in [2.05, 4.69) is 5.32 Å². The van der Waals surface area contributed by atoms with Crippen molar-refractivity contribution in [1.29, 1.82) is 5.26 Å². The number of anilines is 1. The highest BCUT2D eigenvalue weighted by atomic mass is 19.1. The average Bonchev–Trinajstić information content (AvgIpc) is 2.83. The van der Waals surface area contributed by atoms with E-state index in [0.717, 1.165) is 12.8 Å². The summed E-state index contributed by atoms with van der Waals surface area (Å²) in [5.41, 5.74) is 1.99. The lowest BCUT2D eigenvalue weighted by molar-refractivity contribution is -0.149. The number of carbonyl (C=O) groups excluding carboxylic acids is 3. The van der Waals surface area contributed by atoms with Crippen LogP contribution in [0.4, 0.5) is 14.9 Å². The minimum absolute atomic E-state index is 0.000890. The topological polar surface area (TPSA) is 109 Å². The minimum Gasteiger partial charge on any atom is -0.449 e. The molecule has 1 saturated heterocycles. The Morgan fingerprint density at radius 2 is 1.73 bits per heavy atom. The molecule has 0 aliphatic carbocycles. The van der Waals surface area contributed by atoms with E-state index >= 15 is 0 Å². The van der Waals surface area contributed by atoms with Crippen molar-refractivity contribution < 1.29 is 28.2 Å². The number of esters is 1. The molecule has 0 bridgehead atoms. The van der Waals surface area contributed by atoms with Crippen LogP contribution in [-0.2, 0) is 32.1 Å². The summed E-state index contributed by atoms with van der Waals surface area (Å²) >= 11 is 0. The van der Waals surface area contributed by atoms with E-state index in [0.29, 0.717) is 29.8 Å². The molecule has 0 saturated carbocycles. The molecule has 0 spiro atoms. The summed E-state index contributed by atoms with van der Waals surface area (Å²) in [5.74, 6) is -1.20. The SMILES string of the molecule is N#CCOC(=O)[C@@H]1CCCCN1C(=O)OCc1ccc(NC(=O)Cc2ccc(F)cc2)cc1. The van der Waals surface area contributed by atoms with E-state index in [-0.39, 0.29) is 31.4 Å². The number of amides is 2. The van der Waals surface area contributed by atoms with Crippen LogP contribution in [0.15, 0.2) is 48.5 Å². The van der Waals surface area contributed by atoms with Crippen molar-refractivity contribution in [3.05, 3.63) is 65.5 Å². The molecule has 2 aromatic carbocycles. The Morgan fingerprint density at radius 3 is 2.42 bits per heavy atom. The third-order valence-corrected chi connectivity index (χ3v) is 5.17. The lowest BCUT2D eigenvalue weighted by atomic mass is 10.0. The van der Waals surface area contributed by atoms with Gasteiger partial charge in [-0.05, 0) is 54.7 Å². The summed E-state index contributed by atoms with van der Waals surface area (Å²) in [5, 5.41) is 11.3. The highest BCUT2D eigenvalue weighted by Gasteiger charge is 2.34. The van der Waals surface area contributed by atoms with Gasteiger partial charge in [0.2, 0.25) is 5.91 Å². The Balaban J connectivity index is 1.49. The van der Waals surface area contributed by atoms with Crippen molar-refractivity contribution in [3.63, 3.8) is 0 Å². The molecular formula is C24H24FN3O5. The molecule has 3 rings (SSSR count). The average molecular weight is 453 g/mol. The number of rotatable bonds is 7. The van der Waals surface area contributed by atoms with Crippen LogP contribution in [0.3, 0.4) is 0 Å². The van der Waals surface area contributed by atoms with Crippen molar-refractivity contribution in [2.75, 3.05) is 18.5 Å². The number of carbonyl (C=O) groups is 3. The molecule has 1 aliphatic rings. The van der Waals surface area contributed by atoms with Crippen LogP contribution >= 0.6 is 0 Å². The summed E-state index contributed by atoms with van der Waals surface area (Å²) < 4.78 is 23.2. The molecule has 1 aliphatic heterocycles. The first-order valence-electron chi connectivity index (χ1n) is 10.6. The van der Waals surface area contributed by atoms with Gasteiger partial charge in [-0.2, -0.15) is 5.26 Å². The third kappa shape index (κ3) is 7.04. The molecule has 1 fully saturated rings. The highest BCUT2D eigenvalue weighted by molar-refractivity contribution is 5.92. The van der Waals surface area contributed by atoms with E-state index in [1.54, 1.807) is 42.5 Å². The summed E-state index contributed by atoms with van der Waals surface area (Å²) in [6.07, 6.45) is 1.50.